The first-order valence-electron chi connectivity index (χ1n) is 6.03. The van der Waals surface area contributed by atoms with Gasteiger partial charge in [0.2, 0.25) is 0 Å². The van der Waals surface area contributed by atoms with Crippen LogP contribution in [0.3, 0.4) is 0 Å². The van der Waals surface area contributed by atoms with E-state index in [1.54, 1.807) is 0 Å². The second-order valence-electron chi connectivity index (χ2n) is 5.17. The SMILES string of the molecule is CCCO[Si](C(C)C)(C(C)C)C(C)C.[H-].[Li+]. The van der Waals surface area contributed by atoms with Crippen molar-refractivity contribution < 1.29 is 24.7 Å². The van der Waals surface area contributed by atoms with E-state index in [0.717, 1.165) is 13.0 Å². The zero-order valence-electron chi connectivity index (χ0n) is 13.1. The van der Waals surface area contributed by atoms with Crippen molar-refractivity contribution in [2.75, 3.05) is 6.61 Å². The van der Waals surface area contributed by atoms with Crippen molar-refractivity contribution in [1.82, 2.24) is 0 Å². The molecular weight excluding hydrogens is 195 g/mol. The molecule has 0 unspecified atom stereocenters. The van der Waals surface area contributed by atoms with Crippen LogP contribution in [-0.2, 0) is 4.43 Å². The van der Waals surface area contributed by atoms with Gasteiger partial charge in [-0.3, -0.25) is 0 Å². The van der Waals surface area contributed by atoms with Crippen molar-refractivity contribution in [3.8, 4) is 0 Å². The van der Waals surface area contributed by atoms with Gasteiger partial charge in [0.15, 0.2) is 8.32 Å². The minimum absolute atomic E-state index is 0. The Morgan fingerprint density at radius 3 is 1.47 bits per heavy atom. The number of rotatable bonds is 6. The van der Waals surface area contributed by atoms with Crippen LogP contribution in [0.5, 0.6) is 0 Å². The van der Waals surface area contributed by atoms with Gasteiger partial charge in [-0.15, -0.1) is 0 Å². The predicted octanol–water partition coefficient (Wildman–Crippen LogP) is 1.70. The molecule has 88 valence electrons. The van der Waals surface area contributed by atoms with E-state index in [-0.39, 0.29) is 20.3 Å². The fraction of sp³-hybridized carbons (Fsp3) is 1.00. The Bertz CT molecular complexity index is 141. The topological polar surface area (TPSA) is 9.23 Å². The summed E-state index contributed by atoms with van der Waals surface area (Å²) in [5, 5.41) is 0. The van der Waals surface area contributed by atoms with Crippen LogP contribution in [0.25, 0.3) is 0 Å². The van der Waals surface area contributed by atoms with Crippen LogP contribution in [0.15, 0.2) is 0 Å². The number of hydrogen-bond acceptors (Lipinski definition) is 1. The molecule has 0 saturated carbocycles. The third-order valence-electron chi connectivity index (χ3n) is 3.26. The van der Waals surface area contributed by atoms with Crippen LogP contribution in [0, 0.1) is 0 Å². The molecule has 0 aromatic carbocycles. The molecule has 0 saturated heterocycles. The molecule has 0 aliphatic rings. The van der Waals surface area contributed by atoms with E-state index in [9.17, 15) is 0 Å². The van der Waals surface area contributed by atoms with Gasteiger partial charge in [0.05, 0.1) is 0 Å². The smallest absolute Gasteiger partial charge is 1.00 e. The zero-order chi connectivity index (χ0) is 11.4. The van der Waals surface area contributed by atoms with Crippen molar-refractivity contribution in [3.63, 3.8) is 0 Å². The van der Waals surface area contributed by atoms with Gasteiger partial charge < -0.3 is 5.85 Å². The monoisotopic (exact) mass is 224 g/mol. The van der Waals surface area contributed by atoms with Crippen LogP contribution >= 0.6 is 0 Å². The molecule has 0 atom stereocenters. The Morgan fingerprint density at radius 2 is 1.27 bits per heavy atom. The molecule has 0 spiro atoms. The molecule has 0 radical (unpaired) electrons. The van der Waals surface area contributed by atoms with Crippen molar-refractivity contribution in [1.29, 1.82) is 0 Å². The van der Waals surface area contributed by atoms with E-state index >= 15 is 0 Å². The van der Waals surface area contributed by atoms with Gasteiger partial charge in [0.1, 0.15) is 0 Å². The fourth-order valence-corrected chi connectivity index (χ4v) is 8.34. The van der Waals surface area contributed by atoms with Gasteiger partial charge in [-0.2, -0.15) is 0 Å². The summed E-state index contributed by atoms with van der Waals surface area (Å²) < 4.78 is 6.30. The Balaban J connectivity index is -0.000000845. The quantitative estimate of drug-likeness (QED) is 0.624. The van der Waals surface area contributed by atoms with Crippen molar-refractivity contribution >= 4 is 8.32 Å². The summed E-state index contributed by atoms with van der Waals surface area (Å²) in [6.07, 6.45) is 1.14. The van der Waals surface area contributed by atoms with E-state index in [1.165, 1.54) is 0 Å². The molecule has 0 bridgehead atoms. The summed E-state index contributed by atoms with van der Waals surface area (Å²) in [4.78, 5) is 0. The maximum Gasteiger partial charge on any atom is 1.00 e. The first kappa shape index (κ1) is 18.1. The molecule has 0 amide bonds. The van der Waals surface area contributed by atoms with E-state index in [0.29, 0.717) is 16.6 Å². The molecule has 0 aromatic heterocycles. The summed E-state index contributed by atoms with van der Waals surface area (Å²) in [5.74, 6) is 0. The summed E-state index contributed by atoms with van der Waals surface area (Å²) in [5.41, 5.74) is 2.15. The molecule has 0 aliphatic heterocycles. The van der Waals surface area contributed by atoms with E-state index in [2.05, 4.69) is 48.5 Å². The average molecular weight is 224 g/mol. The van der Waals surface area contributed by atoms with E-state index in [1.807, 2.05) is 0 Å². The maximum atomic E-state index is 6.30. The average Bonchev–Trinajstić information content (AvgIpc) is 2.03. The Labute approximate surface area is 111 Å². The Morgan fingerprint density at radius 1 is 0.933 bits per heavy atom. The molecule has 0 rings (SSSR count). The van der Waals surface area contributed by atoms with Crippen LogP contribution in [0.4, 0.5) is 0 Å². The van der Waals surface area contributed by atoms with Crippen molar-refractivity contribution in [3.05, 3.63) is 0 Å². The molecule has 0 heterocycles. The zero-order valence-corrected chi connectivity index (χ0v) is 13.1. The maximum absolute atomic E-state index is 6.30. The van der Waals surface area contributed by atoms with E-state index in [4.69, 9.17) is 4.43 Å². The minimum Gasteiger partial charge on any atom is -1.00 e. The van der Waals surface area contributed by atoms with Gasteiger partial charge in [0, 0.05) is 6.61 Å². The molecule has 0 aromatic rings. The molecule has 15 heavy (non-hydrogen) atoms. The number of hydrogen-bond donors (Lipinski definition) is 0. The van der Waals surface area contributed by atoms with Gasteiger partial charge >= 0.3 is 18.9 Å². The van der Waals surface area contributed by atoms with Crippen LogP contribution < -0.4 is 18.9 Å². The van der Waals surface area contributed by atoms with Crippen molar-refractivity contribution in [2.45, 2.75) is 71.5 Å². The third-order valence-corrected chi connectivity index (χ3v) is 9.38. The standard InChI is InChI=1S/C12H28OSi.Li.H/c1-8-9-13-14(10(2)3,11(4)5)12(6)7;;/h10-12H,8-9H2,1-7H3;;/q;+1;-1. The second-order valence-corrected chi connectivity index (χ2v) is 10.6. The summed E-state index contributed by atoms with van der Waals surface area (Å²) in [6, 6.07) is 0. The normalized spacial score (nSPS) is 12.4. The minimum atomic E-state index is -1.55. The Kier molecular flexibility index (Phi) is 9.62. The second kappa shape index (κ2) is 7.95. The summed E-state index contributed by atoms with van der Waals surface area (Å²) >= 11 is 0. The summed E-state index contributed by atoms with van der Waals surface area (Å²) in [7, 11) is -1.55. The van der Waals surface area contributed by atoms with Gasteiger partial charge in [-0.1, -0.05) is 48.5 Å². The summed E-state index contributed by atoms with van der Waals surface area (Å²) in [6.45, 7) is 17.2. The van der Waals surface area contributed by atoms with Gasteiger partial charge in [-0.05, 0) is 23.0 Å². The van der Waals surface area contributed by atoms with Crippen LogP contribution in [0.2, 0.25) is 16.6 Å². The van der Waals surface area contributed by atoms with Gasteiger partial charge in [0.25, 0.3) is 0 Å². The Hall–Kier alpha value is 0.774. The van der Waals surface area contributed by atoms with E-state index < -0.39 is 8.32 Å². The molecule has 3 heteroatoms. The van der Waals surface area contributed by atoms with Crippen LogP contribution in [0.1, 0.15) is 56.3 Å². The molecule has 0 fully saturated rings. The molecular formula is C12H29LiOSi. The van der Waals surface area contributed by atoms with Gasteiger partial charge in [-0.25, -0.2) is 0 Å². The largest absolute Gasteiger partial charge is 1.00 e. The molecule has 0 N–H and O–H groups in total. The predicted molar refractivity (Wildman–Crippen MR) is 68.4 cm³/mol. The fourth-order valence-electron chi connectivity index (χ4n) is 2.78. The van der Waals surface area contributed by atoms with Crippen LogP contribution in [-0.4, -0.2) is 14.9 Å². The molecule has 1 nitrogen and oxygen atoms in total. The first-order valence-corrected chi connectivity index (χ1v) is 8.17. The molecule has 0 aliphatic carbocycles. The van der Waals surface area contributed by atoms with Crippen molar-refractivity contribution in [2.24, 2.45) is 0 Å². The first-order chi connectivity index (χ1) is 6.39. The third kappa shape index (κ3) is 4.27.